The lowest BCUT2D eigenvalue weighted by Gasteiger charge is -2.22. The number of imidazole rings is 1. The molecule has 0 unspecified atom stereocenters. The molecule has 0 bridgehead atoms. The van der Waals surface area contributed by atoms with Gasteiger partial charge in [-0.25, -0.2) is 4.98 Å². The number of benzene rings is 6. The van der Waals surface area contributed by atoms with Crippen LogP contribution in [0.25, 0.3) is 72.3 Å². The summed E-state index contributed by atoms with van der Waals surface area (Å²) >= 11 is 0. The molecule has 0 saturated heterocycles. The van der Waals surface area contributed by atoms with Crippen LogP contribution in [0.3, 0.4) is 0 Å². The third-order valence-corrected chi connectivity index (χ3v) is 9.24. The molecule has 0 N–H and O–H groups in total. The number of hydrogen-bond acceptors (Lipinski definition) is 2. The van der Waals surface area contributed by atoms with E-state index in [1.165, 1.54) is 22.3 Å². The van der Waals surface area contributed by atoms with Crippen molar-refractivity contribution in [2.24, 2.45) is 0 Å². The molecule has 0 aliphatic heterocycles. The maximum Gasteiger partial charge on any atom is 0.145 e. The zero-order chi connectivity index (χ0) is 28.7. The number of hydrogen-bond donors (Lipinski definition) is 0. The number of para-hydroxylation sites is 4. The molecule has 0 radical (unpaired) electrons. The zero-order valence-corrected chi connectivity index (χ0v) is 24.0. The van der Waals surface area contributed by atoms with Crippen molar-refractivity contribution in [2.75, 3.05) is 0 Å². The third-order valence-electron chi connectivity index (χ3n) is 9.24. The number of rotatable bonds is 3. The van der Waals surface area contributed by atoms with E-state index < -0.39 is 0 Å². The molecule has 1 aliphatic rings. The highest BCUT2D eigenvalue weighted by Gasteiger charge is 2.35. The van der Waals surface area contributed by atoms with Crippen molar-refractivity contribution < 1.29 is 4.42 Å². The fourth-order valence-corrected chi connectivity index (χ4v) is 7.09. The van der Waals surface area contributed by atoms with E-state index in [0.717, 1.165) is 61.2 Å². The topological polar surface area (TPSA) is 31.0 Å². The third kappa shape index (κ3) is 3.45. The number of fused-ring (bicyclic) bond motifs is 7. The van der Waals surface area contributed by atoms with E-state index in [0.29, 0.717) is 0 Å². The maximum atomic E-state index is 6.33. The molecule has 204 valence electrons. The van der Waals surface area contributed by atoms with Crippen molar-refractivity contribution in [3.63, 3.8) is 0 Å². The zero-order valence-electron chi connectivity index (χ0n) is 24.0. The van der Waals surface area contributed by atoms with Crippen LogP contribution in [-0.4, -0.2) is 9.55 Å². The first-order chi connectivity index (χ1) is 21.1. The summed E-state index contributed by atoms with van der Waals surface area (Å²) in [4.78, 5) is 5.15. The average Bonchev–Trinajstić information content (AvgIpc) is 3.70. The highest BCUT2D eigenvalue weighted by atomic mass is 16.3. The molecule has 3 heteroatoms. The van der Waals surface area contributed by atoms with Crippen LogP contribution in [0.15, 0.2) is 138 Å². The van der Waals surface area contributed by atoms with Gasteiger partial charge in [0.25, 0.3) is 0 Å². The Kier molecular flexibility index (Phi) is 4.95. The lowest BCUT2D eigenvalue weighted by atomic mass is 9.82. The number of aromatic nitrogens is 2. The predicted molar refractivity (Wildman–Crippen MR) is 177 cm³/mol. The predicted octanol–water partition coefficient (Wildman–Crippen LogP) is 10.6. The van der Waals surface area contributed by atoms with Crippen LogP contribution in [0.2, 0.25) is 0 Å². The Morgan fingerprint density at radius 3 is 2.19 bits per heavy atom. The van der Waals surface area contributed by atoms with E-state index in [1.54, 1.807) is 0 Å². The lowest BCUT2D eigenvalue weighted by molar-refractivity contribution is 0.660. The first kappa shape index (κ1) is 24.2. The molecular weight excluding hydrogens is 524 g/mol. The second-order valence-corrected chi connectivity index (χ2v) is 12.0. The molecule has 0 spiro atoms. The Labute approximate surface area is 249 Å². The number of nitrogens with zero attached hydrogens (tertiary/aromatic N) is 2. The molecule has 2 aromatic heterocycles. The van der Waals surface area contributed by atoms with Crippen LogP contribution in [-0.2, 0) is 5.41 Å². The van der Waals surface area contributed by atoms with Crippen LogP contribution in [0.5, 0.6) is 0 Å². The van der Waals surface area contributed by atoms with Crippen molar-refractivity contribution in [1.82, 2.24) is 9.55 Å². The van der Waals surface area contributed by atoms with Crippen LogP contribution in [0.1, 0.15) is 25.0 Å². The Balaban J connectivity index is 1.19. The van der Waals surface area contributed by atoms with Crippen LogP contribution in [0, 0.1) is 0 Å². The molecule has 6 aromatic carbocycles. The van der Waals surface area contributed by atoms with Gasteiger partial charge in [-0.05, 0) is 58.1 Å². The molecule has 0 atom stereocenters. The Morgan fingerprint density at radius 2 is 1.28 bits per heavy atom. The summed E-state index contributed by atoms with van der Waals surface area (Å²) in [6.45, 7) is 4.66. The van der Waals surface area contributed by atoms with E-state index >= 15 is 0 Å². The summed E-state index contributed by atoms with van der Waals surface area (Å²) in [6.07, 6.45) is 0. The second-order valence-electron chi connectivity index (χ2n) is 12.0. The fraction of sp³-hybridized carbons (Fsp3) is 0.0750. The molecule has 8 aromatic rings. The van der Waals surface area contributed by atoms with Gasteiger partial charge in [0.15, 0.2) is 0 Å². The number of furan rings is 1. The lowest BCUT2D eigenvalue weighted by Crippen LogP contribution is -2.15. The van der Waals surface area contributed by atoms with Gasteiger partial charge in [0.1, 0.15) is 17.0 Å². The van der Waals surface area contributed by atoms with Crippen molar-refractivity contribution in [1.29, 1.82) is 0 Å². The molecular formula is C40H28N2O. The Bertz CT molecular complexity index is 2370. The van der Waals surface area contributed by atoms with Crippen molar-refractivity contribution >= 4 is 33.0 Å². The molecule has 0 fully saturated rings. The van der Waals surface area contributed by atoms with Crippen molar-refractivity contribution in [3.8, 4) is 39.3 Å². The van der Waals surface area contributed by atoms with Gasteiger partial charge in [0.2, 0.25) is 0 Å². The van der Waals surface area contributed by atoms with Crippen molar-refractivity contribution in [2.45, 2.75) is 19.3 Å². The standard InChI is InChI=1S/C40H28N2O/c1-40(2)33-14-5-3-10-29(33)30-23-22-27(24-34(30)40)42-36-16-7-6-15-35(36)41-39(42)26-20-18-25(19-21-26)28-12-9-13-32-31-11-4-8-17-37(31)43-38(28)32/h3-24H,1-2H3. The summed E-state index contributed by atoms with van der Waals surface area (Å²) in [6, 6.07) is 47.4. The summed E-state index contributed by atoms with van der Waals surface area (Å²) < 4.78 is 8.64. The molecule has 0 amide bonds. The van der Waals surface area contributed by atoms with E-state index in [4.69, 9.17) is 9.40 Å². The fourth-order valence-electron chi connectivity index (χ4n) is 7.09. The van der Waals surface area contributed by atoms with Crippen LogP contribution >= 0.6 is 0 Å². The minimum Gasteiger partial charge on any atom is -0.455 e. The average molecular weight is 553 g/mol. The quantitative estimate of drug-likeness (QED) is 0.218. The van der Waals surface area contributed by atoms with Crippen molar-refractivity contribution in [3.05, 3.63) is 145 Å². The van der Waals surface area contributed by atoms with E-state index in [2.05, 4.69) is 140 Å². The van der Waals surface area contributed by atoms with Gasteiger partial charge in [-0.3, -0.25) is 4.57 Å². The maximum absolute atomic E-state index is 6.33. The van der Waals surface area contributed by atoms with Crippen LogP contribution < -0.4 is 0 Å². The minimum absolute atomic E-state index is 0.0716. The Hall–Kier alpha value is -5.41. The van der Waals surface area contributed by atoms with Gasteiger partial charge in [0, 0.05) is 33.0 Å². The van der Waals surface area contributed by atoms with Gasteiger partial charge < -0.3 is 4.42 Å². The smallest absolute Gasteiger partial charge is 0.145 e. The first-order valence-corrected chi connectivity index (χ1v) is 14.8. The van der Waals surface area contributed by atoms with Gasteiger partial charge in [-0.1, -0.05) is 117 Å². The Morgan fingerprint density at radius 1 is 0.581 bits per heavy atom. The molecule has 43 heavy (non-hydrogen) atoms. The molecule has 1 aliphatic carbocycles. The van der Waals surface area contributed by atoms with Gasteiger partial charge in [0.05, 0.1) is 11.0 Å². The SMILES string of the molecule is CC1(C)c2ccccc2-c2ccc(-n3c(-c4ccc(-c5cccc6c5oc5ccccc56)cc4)nc4ccccc43)cc21. The van der Waals surface area contributed by atoms with Gasteiger partial charge in [-0.2, -0.15) is 0 Å². The van der Waals surface area contributed by atoms with E-state index in [-0.39, 0.29) is 5.41 Å². The van der Waals surface area contributed by atoms with Gasteiger partial charge in [-0.15, -0.1) is 0 Å². The van der Waals surface area contributed by atoms with E-state index in [1.807, 2.05) is 12.1 Å². The highest BCUT2D eigenvalue weighted by Crippen LogP contribution is 2.49. The normalized spacial score (nSPS) is 13.5. The first-order valence-electron chi connectivity index (χ1n) is 14.8. The molecule has 9 rings (SSSR count). The van der Waals surface area contributed by atoms with Gasteiger partial charge >= 0.3 is 0 Å². The summed E-state index contributed by atoms with van der Waals surface area (Å²) in [5, 5.41) is 2.28. The largest absolute Gasteiger partial charge is 0.455 e. The summed E-state index contributed by atoms with van der Waals surface area (Å²) in [5.41, 5.74) is 13.6. The summed E-state index contributed by atoms with van der Waals surface area (Å²) in [7, 11) is 0. The minimum atomic E-state index is -0.0716. The van der Waals surface area contributed by atoms with Crippen LogP contribution in [0.4, 0.5) is 0 Å². The summed E-state index contributed by atoms with van der Waals surface area (Å²) in [5.74, 6) is 0.933. The molecule has 2 heterocycles. The molecule has 3 nitrogen and oxygen atoms in total. The highest BCUT2D eigenvalue weighted by molar-refractivity contribution is 6.09. The second kappa shape index (κ2) is 8.80. The van der Waals surface area contributed by atoms with E-state index in [9.17, 15) is 0 Å². The monoisotopic (exact) mass is 552 g/mol. The molecule has 0 saturated carbocycles.